The minimum atomic E-state index is -0.121. The van der Waals surface area contributed by atoms with Gasteiger partial charge in [-0.2, -0.15) is 0 Å². The molecule has 0 spiro atoms. The SMILES string of the molecule is CC[C@H](COC)NC(=O)c1ccc(-c2nccc(N)n2)cc1. The first-order valence-electron chi connectivity index (χ1n) is 7.12. The first-order chi connectivity index (χ1) is 10.6. The summed E-state index contributed by atoms with van der Waals surface area (Å²) < 4.78 is 5.08. The Labute approximate surface area is 129 Å². The second kappa shape index (κ2) is 7.51. The number of aromatic nitrogens is 2. The highest BCUT2D eigenvalue weighted by molar-refractivity contribution is 5.94. The number of hydrogen-bond acceptors (Lipinski definition) is 5. The highest BCUT2D eigenvalue weighted by Crippen LogP contribution is 2.16. The molecule has 0 saturated heterocycles. The summed E-state index contributed by atoms with van der Waals surface area (Å²) in [5, 5.41) is 2.94. The van der Waals surface area contributed by atoms with Crippen LogP contribution in [-0.2, 0) is 4.74 Å². The largest absolute Gasteiger partial charge is 0.384 e. The molecule has 1 heterocycles. The molecule has 0 unspecified atom stereocenters. The van der Waals surface area contributed by atoms with Crippen molar-refractivity contribution in [2.45, 2.75) is 19.4 Å². The van der Waals surface area contributed by atoms with Crippen molar-refractivity contribution in [3.05, 3.63) is 42.1 Å². The Kier molecular flexibility index (Phi) is 5.43. The van der Waals surface area contributed by atoms with E-state index in [4.69, 9.17) is 10.5 Å². The molecule has 3 N–H and O–H groups in total. The number of carbonyl (C=O) groups excluding carboxylic acids is 1. The fourth-order valence-corrected chi connectivity index (χ4v) is 2.01. The van der Waals surface area contributed by atoms with Gasteiger partial charge in [0, 0.05) is 24.4 Å². The van der Waals surface area contributed by atoms with Crippen LogP contribution in [-0.4, -0.2) is 35.6 Å². The number of anilines is 1. The molecule has 0 aliphatic heterocycles. The van der Waals surface area contributed by atoms with Crippen molar-refractivity contribution in [2.75, 3.05) is 19.5 Å². The lowest BCUT2D eigenvalue weighted by atomic mass is 10.1. The normalized spacial score (nSPS) is 11.9. The molecule has 116 valence electrons. The van der Waals surface area contributed by atoms with Gasteiger partial charge in [-0.1, -0.05) is 19.1 Å². The zero-order valence-corrected chi connectivity index (χ0v) is 12.7. The van der Waals surface area contributed by atoms with Gasteiger partial charge in [0.2, 0.25) is 0 Å². The number of amides is 1. The predicted octanol–water partition coefficient (Wildman–Crippen LogP) is 1.88. The molecule has 1 atom stereocenters. The van der Waals surface area contributed by atoms with E-state index < -0.39 is 0 Å². The van der Waals surface area contributed by atoms with Crippen LogP contribution in [0.4, 0.5) is 5.82 Å². The lowest BCUT2D eigenvalue weighted by Gasteiger charge is -2.15. The second-order valence-corrected chi connectivity index (χ2v) is 4.92. The molecule has 0 aliphatic carbocycles. The van der Waals surface area contributed by atoms with E-state index in [0.29, 0.717) is 23.8 Å². The minimum Gasteiger partial charge on any atom is -0.384 e. The fraction of sp³-hybridized carbons (Fsp3) is 0.312. The van der Waals surface area contributed by atoms with Crippen LogP contribution in [0.5, 0.6) is 0 Å². The molecule has 6 heteroatoms. The van der Waals surface area contributed by atoms with Crippen molar-refractivity contribution in [3.63, 3.8) is 0 Å². The highest BCUT2D eigenvalue weighted by Gasteiger charge is 2.12. The molecular weight excluding hydrogens is 280 g/mol. The lowest BCUT2D eigenvalue weighted by Crippen LogP contribution is -2.37. The molecule has 1 aromatic heterocycles. The van der Waals surface area contributed by atoms with E-state index in [2.05, 4.69) is 15.3 Å². The van der Waals surface area contributed by atoms with Crippen molar-refractivity contribution >= 4 is 11.7 Å². The number of ether oxygens (including phenoxy) is 1. The molecule has 0 bridgehead atoms. The summed E-state index contributed by atoms with van der Waals surface area (Å²) in [6, 6.07) is 8.75. The lowest BCUT2D eigenvalue weighted by molar-refractivity contribution is 0.0894. The Hall–Kier alpha value is -2.47. The number of nitrogens with one attached hydrogen (secondary N) is 1. The zero-order valence-electron chi connectivity index (χ0n) is 12.7. The number of nitrogen functional groups attached to an aromatic ring is 1. The number of rotatable bonds is 6. The topological polar surface area (TPSA) is 90.1 Å². The molecule has 0 fully saturated rings. The van der Waals surface area contributed by atoms with E-state index in [9.17, 15) is 4.79 Å². The summed E-state index contributed by atoms with van der Waals surface area (Å²) in [7, 11) is 1.62. The standard InChI is InChI=1S/C16H20N4O2/c1-3-13(10-22-2)19-16(21)12-6-4-11(5-7-12)15-18-9-8-14(17)20-15/h4-9,13H,3,10H2,1-2H3,(H,19,21)(H2,17,18,20)/t13-/m1/s1. The number of nitrogens with zero attached hydrogens (tertiary/aromatic N) is 2. The van der Waals surface area contributed by atoms with Gasteiger partial charge in [0.05, 0.1) is 12.6 Å². The van der Waals surface area contributed by atoms with Gasteiger partial charge < -0.3 is 15.8 Å². The zero-order chi connectivity index (χ0) is 15.9. The first kappa shape index (κ1) is 15.9. The Morgan fingerprint density at radius 3 is 2.64 bits per heavy atom. The Morgan fingerprint density at radius 2 is 2.05 bits per heavy atom. The Bertz CT molecular complexity index is 628. The third-order valence-corrected chi connectivity index (χ3v) is 3.28. The van der Waals surface area contributed by atoms with Crippen LogP contribution < -0.4 is 11.1 Å². The Balaban J connectivity index is 2.10. The number of benzene rings is 1. The van der Waals surface area contributed by atoms with Crippen LogP contribution in [0, 0.1) is 0 Å². The molecule has 0 aliphatic rings. The summed E-state index contributed by atoms with van der Waals surface area (Å²) in [5.74, 6) is 0.832. The van der Waals surface area contributed by atoms with Gasteiger partial charge >= 0.3 is 0 Å². The summed E-state index contributed by atoms with van der Waals surface area (Å²) in [5.41, 5.74) is 7.04. The van der Waals surface area contributed by atoms with E-state index in [-0.39, 0.29) is 11.9 Å². The number of nitrogens with two attached hydrogens (primary N) is 1. The summed E-state index contributed by atoms with van der Waals surface area (Å²) in [4.78, 5) is 20.5. The van der Waals surface area contributed by atoms with Crippen LogP contribution in [0.2, 0.25) is 0 Å². The molecule has 2 aromatic rings. The predicted molar refractivity (Wildman–Crippen MR) is 85.3 cm³/mol. The molecule has 6 nitrogen and oxygen atoms in total. The van der Waals surface area contributed by atoms with Crippen LogP contribution in [0.1, 0.15) is 23.7 Å². The van der Waals surface area contributed by atoms with Gasteiger partial charge in [-0.15, -0.1) is 0 Å². The third kappa shape index (κ3) is 4.02. The maximum absolute atomic E-state index is 12.2. The summed E-state index contributed by atoms with van der Waals surface area (Å²) >= 11 is 0. The molecule has 2 rings (SSSR count). The van der Waals surface area contributed by atoms with Crippen LogP contribution >= 0.6 is 0 Å². The average molecular weight is 300 g/mol. The van der Waals surface area contributed by atoms with Gasteiger partial charge in [0.1, 0.15) is 5.82 Å². The van der Waals surface area contributed by atoms with E-state index in [1.54, 1.807) is 43.6 Å². The fourth-order valence-electron chi connectivity index (χ4n) is 2.01. The van der Waals surface area contributed by atoms with Gasteiger partial charge in [-0.3, -0.25) is 4.79 Å². The van der Waals surface area contributed by atoms with E-state index in [0.717, 1.165) is 12.0 Å². The maximum atomic E-state index is 12.2. The van der Waals surface area contributed by atoms with Crippen molar-refractivity contribution in [1.29, 1.82) is 0 Å². The van der Waals surface area contributed by atoms with Gasteiger partial charge in [0.25, 0.3) is 5.91 Å². The van der Waals surface area contributed by atoms with Crippen LogP contribution in [0.15, 0.2) is 36.5 Å². The average Bonchev–Trinajstić information content (AvgIpc) is 2.54. The number of methoxy groups -OCH3 is 1. The smallest absolute Gasteiger partial charge is 0.251 e. The molecule has 22 heavy (non-hydrogen) atoms. The Morgan fingerprint density at radius 1 is 1.32 bits per heavy atom. The van der Waals surface area contributed by atoms with Crippen molar-refractivity contribution < 1.29 is 9.53 Å². The van der Waals surface area contributed by atoms with Crippen LogP contribution in [0.3, 0.4) is 0 Å². The van der Waals surface area contributed by atoms with Gasteiger partial charge in [0.15, 0.2) is 5.82 Å². The van der Waals surface area contributed by atoms with E-state index in [1.807, 2.05) is 6.92 Å². The molecule has 0 saturated carbocycles. The summed E-state index contributed by atoms with van der Waals surface area (Å²) in [6.07, 6.45) is 2.42. The van der Waals surface area contributed by atoms with Crippen molar-refractivity contribution in [3.8, 4) is 11.4 Å². The quantitative estimate of drug-likeness (QED) is 0.850. The number of carbonyl (C=O) groups is 1. The summed E-state index contributed by atoms with van der Waals surface area (Å²) in [6.45, 7) is 2.50. The van der Waals surface area contributed by atoms with Crippen LogP contribution in [0.25, 0.3) is 11.4 Å². The molecule has 0 radical (unpaired) electrons. The first-order valence-corrected chi connectivity index (χ1v) is 7.12. The van der Waals surface area contributed by atoms with Crippen molar-refractivity contribution in [2.24, 2.45) is 0 Å². The third-order valence-electron chi connectivity index (χ3n) is 3.28. The monoisotopic (exact) mass is 300 g/mol. The van der Waals surface area contributed by atoms with Gasteiger partial charge in [-0.25, -0.2) is 9.97 Å². The van der Waals surface area contributed by atoms with E-state index in [1.165, 1.54) is 0 Å². The maximum Gasteiger partial charge on any atom is 0.251 e. The van der Waals surface area contributed by atoms with Gasteiger partial charge in [-0.05, 0) is 24.6 Å². The van der Waals surface area contributed by atoms with Crippen molar-refractivity contribution in [1.82, 2.24) is 15.3 Å². The highest BCUT2D eigenvalue weighted by atomic mass is 16.5. The molecular formula is C16H20N4O2. The van der Waals surface area contributed by atoms with E-state index >= 15 is 0 Å². The second-order valence-electron chi connectivity index (χ2n) is 4.92. The molecule has 1 aromatic carbocycles. The minimum absolute atomic E-state index is 0.00873. The molecule has 1 amide bonds. The number of hydrogen-bond donors (Lipinski definition) is 2.